The normalized spacial score (nSPS) is 25.1. The predicted octanol–water partition coefficient (Wildman–Crippen LogP) is 3.79. The summed E-state index contributed by atoms with van der Waals surface area (Å²) in [6.45, 7) is 0. The molecule has 1 heterocycles. The number of rotatable bonds is 5. The van der Waals surface area contributed by atoms with Crippen LogP contribution in [0, 0.1) is 5.41 Å². The number of hydrogen-bond donors (Lipinski definition) is 1. The van der Waals surface area contributed by atoms with Gasteiger partial charge in [0.15, 0.2) is 0 Å². The zero-order valence-corrected chi connectivity index (χ0v) is 12.4. The van der Waals surface area contributed by atoms with E-state index < -0.39 is 0 Å². The van der Waals surface area contributed by atoms with E-state index in [4.69, 9.17) is 0 Å². The molecule has 2 heteroatoms. The Morgan fingerprint density at radius 3 is 2.57 bits per heavy atom. The van der Waals surface area contributed by atoms with Gasteiger partial charge in [0, 0.05) is 17.3 Å². The van der Waals surface area contributed by atoms with Gasteiger partial charge in [0.1, 0.15) is 0 Å². The Labute approximate surface area is 126 Å². The van der Waals surface area contributed by atoms with Gasteiger partial charge in [-0.25, -0.2) is 0 Å². The zero-order valence-electron chi connectivity index (χ0n) is 12.4. The number of aryl methyl sites for hydroxylation is 1. The molecule has 0 aliphatic heterocycles. The van der Waals surface area contributed by atoms with Gasteiger partial charge in [-0.1, -0.05) is 42.8 Å². The Hall–Kier alpha value is -1.67. The minimum atomic E-state index is -0.179. The monoisotopic (exact) mass is 281 g/mol. The van der Waals surface area contributed by atoms with Gasteiger partial charge in [0.05, 0.1) is 6.10 Å². The number of hydrogen-bond acceptors (Lipinski definition) is 2. The van der Waals surface area contributed by atoms with Crippen molar-refractivity contribution in [1.29, 1.82) is 0 Å². The van der Waals surface area contributed by atoms with Gasteiger partial charge in [-0.2, -0.15) is 0 Å². The Bertz CT molecular complexity index is 554. The molecule has 2 aromatic rings. The topological polar surface area (TPSA) is 33.1 Å². The predicted molar refractivity (Wildman–Crippen MR) is 85.0 cm³/mol. The van der Waals surface area contributed by atoms with E-state index in [9.17, 15) is 5.11 Å². The maximum atomic E-state index is 10.6. The summed E-state index contributed by atoms with van der Waals surface area (Å²) in [4.78, 5) is 4.42. The lowest BCUT2D eigenvalue weighted by Gasteiger charge is -2.33. The molecule has 110 valence electrons. The third-order valence-electron chi connectivity index (χ3n) is 4.86. The van der Waals surface area contributed by atoms with Crippen molar-refractivity contribution in [3.05, 3.63) is 66.0 Å². The zero-order chi connectivity index (χ0) is 14.5. The Morgan fingerprint density at radius 2 is 1.90 bits per heavy atom. The molecule has 0 bridgehead atoms. The van der Waals surface area contributed by atoms with Crippen LogP contribution in [0.4, 0.5) is 0 Å². The molecule has 0 amide bonds. The van der Waals surface area contributed by atoms with Crippen LogP contribution in [0.15, 0.2) is 54.7 Å². The van der Waals surface area contributed by atoms with E-state index in [2.05, 4.69) is 41.4 Å². The molecule has 0 spiro atoms. The second-order valence-electron chi connectivity index (χ2n) is 6.25. The van der Waals surface area contributed by atoms with Gasteiger partial charge in [-0.3, -0.25) is 4.98 Å². The van der Waals surface area contributed by atoms with Crippen molar-refractivity contribution in [3.8, 4) is 0 Å². The first kappa shape index (κ1) is 14.3. The number of pyridine rings is 1. The summed E-state index contributed by atoms with van der Waals surface area (Å²) < 4.78 is 0. The molecule has 21 heavy (non-hydrogen) atoms. The Morgan fingerprint density at radius 1 is 1.10 bits per heavy atom. The molecule has 1 aromatic carbocycles. The van der Waals surface area contributed by atoms with Crippen molar-refractivity contribution in [1.82, 2.24) is 4.98 Å². The van der Waals surface area contributed by atoms with Crippen LogP contribution in [-0.2, 0) is 12.8 Å². The third kappa shape index (κ3) is 3.33. The first-order valence-corrected chi connectivity index (χ1v) is 7.90. The van der Waals surface area contributed by atoms with Gasteiger partial charge >= 0.3 is 0 Å². The quantitative estimate of drug-likeness (QED) is 0.904. The highest BCUT2D eigenvalue weighted by molar-refractivity contribution is 5.18. The smallest absolute Gasteiger partial charge is 0.0599 e. The minimum Gasteiger partial charge on any atom is -0.393 e. The van der Waals surface area contributed by atoms with Crippen LogP contribution in [0.1, 0.15) is 36.9 Å². The molecule has 0 saturated heterocycles. The highest BCUT2D eigenvalue weighted by Crippen LogP contribution is 2.44. The average Bonchev–Trinajstić information content (AvgIpc) is 2.88. The van der Waals surface area contributed by atoms with Gasteiger partial charge in [-0.15, -0.1) is 0 Å². The molecule has 1 saturated carbocycles. The summed E-state index contributed by atoms with van der Waals surface area (Å²) in [6, 6.07) is 16.6. The molecule has 1 aliphatic rings. The second-order valence-corrected chi connectivity index (χ2v) is 6.25. The van der Waals surface area contributed by atoms with E-state index in [1.54, 1.807) is 0 Å². The van der Waals surface area contributed by atoms with Gasteiger partial charge in [0.2, 0.25) is 0 Å². The fourth-order valence-electron chi connectivity index (χ4n) is 3.63. The van der Waals surface area contributed by atoms with E-state index in [1.165, 1.54) is 5.56 Å². The maximum Gasteiger partial charge on any atom is 0.0599 e. The first-order chi connectivity index (χ1) is 10.3. The van der Waals surface area contributed by atoms with Gasteiger partial charge in [0.25, 0.3) is 0 Å². The van der Waals surface area contributed by atoms with Crippen molar-refractivity contribution >= 4 is 0 Å². The van der Waals surface area contributed by atoms with E-state index in [0.717, 1.165) is 44.2 Å². The van der Waals surface area contributed by atoms with Crippen LogP contribution < -0.4 is 0 Å². The number of benzene rings is 1. The molecular formula is C19H23NO. The first-order valence-electron chi connectivity index (χ1n) is 7.90. The molecule has 1 N–H and O–H groups in total. The Balaban J connectivity index is 1.74. The minimum absolute atomic E-state index is 0.0267. The number of nitrogens with zero attached hydrogens (tertiary/aromatic N) is 1. The summed E-state index contributed by atoms with van der Waals surface area (Å²) in [5.74, 6) is 0. The fourth-order valence-corrected chi connectivity index (χ4v) is 3.63. The molecule has 2 unspecified atom stereocenters. The van der Waals surface area contributed by atoms with Crippen molar-refractivity contribution in [2.45, 2.75) is 44.6 Å². The summed E-state index contributed by atoms with van der Waals surface area (Å²) >= 11 is 0. The third-order valence-corrected chi connectivity index (χ3v) is 4.86. The van der Waals surface area contributed by atoms with Crippen LogP contribution in [-0.4, -0.2) is 16.2 Å². The number of aromatic nitrogens is 1. The van der Waals surface area contributed by atoms with Crippen LogP contribution >= 0.6 is 0 Å². The molecule has 3 rings (SSSR count). The standard InChI is InChI=1S/C19H23NO/c21-18-10-6-12-19(18,15-16-7-2-1-3-8-16)13-11-17-9-4-5-14-20-17/h1-5,7-9,14,18,21H,6,10-13,15H2. The lowest BCUT2D eigenvalue weighted by Crippen LogP contribution is -2.33. The molecule has 0 radical (unpaired) electrons. The van der Waals surface area contributed by atoms with Crippen LogP contribution in [0.2, 0.25) is 0 Å². The van der Waals surface area contributed by atoms with Crippen molar-refractivity contribution in [2.24, 2.45) is 5.41 Å². The Kier molecular flexibility index (Phi) is 4.35. The summed E-state index contributed by atoms with van der Waals surface area (Å²) in [7, 11) is 0. The molecule has 2 atom stereocenters. The molecule has 1 aromatic heterocycles. The number of aliphatic hydroxyl groups excluding tert-OH is 1. The summed E-state index contributed by atoms with van der Waals surface area (Å²) in [5.41, 5.74) is 2.49. The average molecular weight is 281 g/mol. The van der Waals surface area contributed by atoms with E-state index in [0.29, 0.717) is 0 Å². The van der Waals surface area contributed by atoms with E-state index in [1.807, 2.05) is 18.3 Å². The van der Waals surface area contributed by atoms with E-state index in [-0.39, 0.29) is 11.5 Å². The van der Waals surface area contributed by atoms with Crippen LogP contribution in [0.25, 0.3) is 0 Å². The van der Waals surface area contributed by atoms with Crippen LogP contribution in [0.3, 0.4) is 0 Å². The molecule has 2 nitrogen and oxygen atoms in total. The highest BCUT2D eigenvalue weighted by Gasteiger charge is 2.41. The van der Waals surface area contributed by atoms with Crippen molar-refractivity contribution in [2.75, 3.05) is 0 Å². The fraction of sp³-hybridized carbons (Fsp3) is 0.421. The molecular weight excluding hydrogens is 258 g/mol. The van der Waals surface area contributed by atoms with Crippen molar-refractivity contribution in [3.63, 3.8) is 0 Å². The molecule has 1 aliphatic carbocycles. The summed E-state index contributed by atoms with van der Waals surface area (Å²) in [5, 5.41) is 10.6. The lowest BCUT2D eigenvalue weighted by atomic mass is 9.74. The summed E-state index contributed by atoms with van der Waals surface area (Å²) in [6.07, 6.45) is 7.80. The maximum absolute atomic E-state index is 10.6. The highest BCUT2D eigenvalue weighted by atomic mass is 16.3. The SMILES string of the molecule is OC1CCCC1(CCc1ccccn1)Cc1ccccc1. The second kappa shape index (κ2) is 6.40. The lowest BCUT2D eigenvalue weighted by molar-refractivity contribution is 0.0456. The van der Waals surface area contributed by atoms with E-state index >= 15 is 0 Å². The van der Waals surface area contributed by atoms with Gasteiger partial charge in [-0.05, 0) is 49.8 Å². The molecule has 1 fully saturated rings. The van der Waals surface area contributed by atoms with Crippen LogP contribution in [0.5, 0.6) is 0 Å². The van der Waals surface area contributed by atoms with Gasteiger partial charge < -0.3 is 5.11 Å². The van der Waals surface area contributed by atoms with Crippen molar-refractivity contribution < 1.29 is 5.11 Å². The largest absolute Gasteiger partial charge is 0.393 e. The number of aliphatic hydroxyl groups is 1.